The Bertz CT molecular complexity index is 296. The van der Waals surface area contributed by atoms with Gasteiger partial charge in [-0.05, 0) is 38.0 Å². The van der Waals surface area contributed by atoms with Crippen molar-refractivity contribution in [1.29, 1.82) is 0 Å². The molecule has 19 heavy (non-hydrogen) atoms. The number of carbonyl (C=O) groups is 1. The third-order valence-electron chi connectivity index (χ3n) is 5.51. The molecule has 3 aliphatic rings. The van der Waals surface area contributed by atoms with Crippen LogP contribution >= 0.6 is 11.8 Å². The van der Waals surface area contributed by atoms with Crippen molar-refractivity contribution in [2.75, 3.05) is 0 Å². The minimum Gasteiger partial charge on any atom is -0.299 e. The molecule has 1 aliphatic carbocycles. The molecule has 2 atom stereocenters. The standard InChI is InChI=1S/C17H28OS/c18-17(10-9-13-5-2-1-3-6-13)14-11-15-7-4-8-16(12-14)19-15/h13-16H,1-12H2. The van der Waals surface area contributed by atoms with E-state index in [2.05, 4.69) is 11.8 Å². The Hall–Kier alpha value is 0.0200. The van der Waals surface area contributed by atoms with Crippen molar-refractivity contribution in [2.45, 2.75) is 87.5 Å². The first kappa shape index (κ1) is 14.0. The molecule has 1 nitrogen and oxygen atoms in total. The van der Waals surface area contributed by atoms with E-state index < -0.39 is 0 Å². The molecule has 0 aromatic carbocycles. The lowest BCUT2D eigenvalue weighted by Crippen LogP contribution is -2.33. The van der Waals surface area contributed by atoms with Crippen molar-refractivity contribution in [1.82, 2.24) is 0 Å². The summed E-state index contributed by atoms with van der Waals surface area (Å²) in [6, 6.07) is 0. The summed E-state index contributed by atoms with van der Waals surface area (Å²) in [5, 5.41) is 1.63. The Morgan fingerprint density at radius 2 is 1.58 bits per heavy atom. The summed E-state index contributed by atoms with van der Waals surface area (Å²) in [5.41, 5.74) is 0. The number of hydrogen-bond donors (Lipinski definition) is 0. The molecule has 2 heterocycles. The van der Waals surface area contributed by atoms with Gasteiger partial charge in [-0.2, -0.15) is 11.8 Å². The molecular weight excluding hydrogens is 252 g/mol. The molecule has 0 N–H and O–H groups in total. The van der Waals surface area contributed by atoms with Gasteiger partial charge in [-0.25, -0.2) is 0 Å². The van der Waals surface area contributed by atoms with Gasteiger partial charge in [0.2, 0.25) is 0 Å². The lowest BCUT2D eigenvalue weighted by molar-refractivity contribution is -0.123. The number of rotatable bonds is 4. The van der Waals surface area contributed by atoms with Crippen LogP contribution in [0.15, 0.2) is 0 Å². The van der Waals surface area contributed by atoms with Crippen LogP contribution in [-0.2, 0) is 4.79 Å². The van der Waals surface area contributed by atoms with Gasteiger partial charge in [0.05, 0.1) is 0 Å². The topological polar surface area (TPSA) is 17.1 Å². The molecule has 3 rings (SSSR count). The summed E-state index contributed by atoms with van der Waals surface area (Å²) < 4.78 is 0. The molecule has 0 radical (unpaired) electrons. The molecule has 0 aromatic rings. The maximum atomic E-state index is 12.5. The molecule has 0 amide bonds. The van der Waals surface area contributed by atoms with Gasteiger partial charge in [-0.3, -0.25) is 4.79 Å². The van der Waals surface area contributed by atoms with Gasteiger partial charge in [0.1, 0.15) is 5.78 Å². The molecule has 2 saturated heterocycles. The number of thioether (sulfide) groups is 1. The lowest BCUT2D eigenvalue weighted by atomic mass is 9.81. The van der Waals surface area contributed by atoms with E-state index in [9.17, 15) is 4.79 Å². The van der Waals surface area contributed by atoms with Crippen LogP contribution in [0.1, 0.15) is 77.0 Å². The predicted octanol–water partition coefficient (Wildman–Crippen LogP) is 4.98. The van der Waals surface area contributed by atoms with E-state index >= 15 is 0 Å². The maximum Gasteiger partial charge on any atom is 0.136 e. The summed E-state index contributed by atoms with van der Waals surface area (Å²) in [6.45, 7) is 0. The highest BCUT2D eigenvalue weighted by molar-refractivity contribution is 8.00. The first-order chi connectivity index (χ1) is 9.31. The van der Waals surface area contributed by atoms with Crippen LogP contribution in [0, 0.1) is 11.8 Å². The summed E-state index contributed by atoms with van der Waals surface area (Å²) >= 11 is 2.19. The van der Waals surface area contributed by atoms with E-state index in [0.29, 0.717) is 11.7 Å². The largest absolute Gasteiger partial charge is 0.299 e. The molecule has 2 heteroatoms. The van der Waals surface area contributed by atoms with Gasteiger partial charge in [-0.1, -0.05) is 38.5 Å². The Morgan fingerprint density at radius 1 is 0.895 bits per heavy atom. The first-order valence-electron chi connectivity index (χ1n) is 8.49. The summed E-state index contributed by atoms with van der Waals surface area (Å²) in [5.74, 6) is 1.91. The van der Waals surface area contributed by atoms with Crippen LogP contribution in [-0.4, -0.2) is 16.3 Å². The number of hydrogen-bond acceptors (Lipinski definition) is 2. The Morgan fingerprint density at radius 3 is 2.26 bits per heavy atom. The smallest absolute Gasteiger partial charge is 0.136 e. The number of carbonyl (C=O) groups excluding carboxylic acids is 1. The minimum atomic E-state index is 0.431. The molecule has 1 saturated carbocycles. The SMILES string of the molecule is O=C(CCC1CCCCC1)C1CC2CCCC(C1)S2. The monoisotopic (exact) mass is 280 g/mol. The zero-order chi connectivity index (χ0) is 13.1. The van der Waals surface area contributed by atoms with Crippen molar-refractivity contribution in [3.05, 3.63) is 0 Å². The van der Waals surface area contributed by atoms with Crippen LogP contribution in [0.25, 0.3) is 0 Å². The normalized spacial score (nSPS) is 36.1. The summed E-state index contributed by atoms with van der Waals surface area (Å²) in [6.07, 6.45) is 15.6. The van der Waals surface area contributed by atoms with Gasteiger partial charge in [0.25, 0.3) is 0 Å². The fourth-order valence-corrected chi connectivity index (χ4v) is 6.19. The van der Waals surface area contributed by atoms with Gasteiger partial charge >= 0.3 is 0 Å². The van der Waals surface area contributed by atoms with Crippen molar-refractivity contribution >= 4 is 17.5 Å². The second kappa shape index (κ2) is 6.65. The van der Waals surface area contributed by atoms with Gasteiger partial charge in [0, 0.05) is 22.8 Å². The molecule has 108 valence electrons. The van der Waals surface area contributed by atoms with Gasteiger partial charge in [-0.15, -0.1) is 0 Å². The summed E-state index contributed by atoms with van der Waals surface area (Å²) in [4.78, 5) is 12.5. The van der Waals surface area contributed by atoms with Crippen molar-refractivity contribution in [3.8, 4) is 0 Å². The highest BCUT2D eigenvalue weighted by Crippen LogP contribution is 2.44. The van der Waals surface area contributed by atoms with Crippen molar-refractivity contribution < 1.29 is 4.79 Å². The van der Waals surface area contributed by atoms with Crippen LogP contribution in [0.3, 0.4) is 0 Å². The maximum absolute atomic E-state index is 12.5. The van der Waals surface area contributed by atoms with E-state index in [1.807, 2.05) is 0 Å². The number of fused-ring (bicyclic) bond motifs is 2. The first-order valence-corrected chi connectivity index (χ1v) is 9.43. The van der Waals surface area contributed by atoms with E-state index in [0.717, 1.165) is 22.8 Å². The van der Waals surface area contributed by atoms with Crippen LogP contribution < -0.4 is 0 Å². The van der Waals surface area contributed by atoms with E-state index in [-0.39, 0.29) is 0 Å². The molecule has 0 spiro atoms. The third-order valence-corrected chi connectivity index (χ3v) is 7.14. The molecule has 3 fully saturated rings. The van der Waals surface area contributed by atoms with Crippen LogP contribution in [0.4, 0.5) is 0 Å². The predicted molar refractivity (Wildman–Crippen MR) is 82.6 cm³/mol. The van der Waals surface area contributed by atoms with Crippen molar-refractivity contribution in [3.63, 3.8) is 0 Å². The third kappa shape index (κ3) is 3.77. The quantitative estimate of drug-likeness (QED) is 0.722. The Labute approximate surface area is 122 Å². The van der Waals surface area contributed by atoms with Crippen LogP contribution in [0.2, 0.25) is 0 Å². The summed E-state index contributed by atoms with van der Waals surface area (Å²) in [7, 11) is 0. The van der Waals surface area contributed by atoms with Crippen molar-refractivity contribution in [2.24, 2.45) is 11.8 Å². The van der Waals surface area contributed by atoms with Gasteiger partial charge < -0.3 is 0 Å². The Balaban J connectivity index is 1.44. The highest BCUT2D eigenvalue weighted by Gasteiger charge is 2.35. The fourth-order valence-electron chi connectivity index (χ4n) is 4.35. The average Bonchev–Trinajstić information content (AvgIpc) is 2.45. The lowest BCUT2D eigenvalue weighted by Gasteiger charge is -2.38. The average molecular weight is 280 g/mol. The second-order valence-electron chi connectivity index (χ2n) is 6.99. The molecule has 2 aliphatic heterocycles. The van der Waals surface area contributed by atoms with Gasteiger partial charge in [0.15, 0.2) is 0 Å². The highest BCUT2D eigenvalue weighted by atomic mass is 32.2. The van der Waals surface area contributed by atoms with E-state index in [1.165, 1.54) is 70.6 Å². The molecule has 0 aromatic heterocycles. The number of Topliss-reactive ketones (excluding diaryl/α,β-unsaturated/α-hetero) is 1. The van der Waals surface area contributed by atoms with Crippen LogP contribution in [0.5, 0.6) is 0 Å². The zero-order valence-corrected chi connectivity index (χ0v) is 12.9. The van der Waals surface area contributed by atoms with E-state index in [4.69, 9.17) is 0 Å². The fraction of sp³-hybridized carbons (Fsp3) is 0.941. The Kier molecular flexibility index (Phi) is 4.89. The van der Waals surface area contributed by atoms with E-state index in [1.54, 1.807) is 0 Å². The second-order valence-corrected chi connectivity index (χ2v) is 8.59. The molecule has 2 bridgehead atoms. The zero-order valence-electron chi connectivity index (χ0n) is 12.1. The molecular formula is C17H28OS. The molecule has 2 unspecified atom stereocenters. The minimum absolute atomic E-state index is 0.431. The number of ketones is 1.